The van der Waals surface area contributed by atoms with Gasteiger partial charge >= 0.3 is 0 Å². The minimum absolute atomic E-state index is 0.335. The van der Waals surface area contributed by atoms with Crippen LogP contribution in [0.4, 0.5) is 0 Å². The first kappa shape index (κ1) is 16.3. The third kappa shape index (κ3) is 3.14. The van der Waals surface area contributed by atoms with Crippen LogP contribution in [0.1, 0.15) is 5.56 Å². The van der Waals surface area contributed by atoms with E-state index in [1.54, 1.807) is 0 Å². The van der Waals surface area contributed by atoms with Crippen molar-refractivity contribution >= 4 is 17.1 Å². The maximum Gasteiger partial charge on any atom is 0.284 e. The van der Waals surface area contributed by atoms with Gasteiger partial charge in [0.15, 0.2) is 11.5 Å². The van der Waals surface area contributed by atoms with E-state index >= 15 is 0 Å². The molecule has 0 aliphatic carbocycles. The zero-order valence-corrected chi connectivity index (χ0v) is 14.9. The molecule has 0 saturated heterocycles. The van der Waals surface area contributed by atoms with E-state index in [-0.39, 0.29) is 0 Å². The van der Waals surface area contributed by atoms with Gasteiger partial charge in [-0.1, -0.05) is 54.6 Å². The molecule has 5 rings (SSSR count). The van der Waals surface area contributed by atoms with E-state index in [2.05, 4.69) is 9.97 Å². The molecule has 1 aliphatic rings. The molecule has 0 radical (unpaired) electrons. The third-order valence-electron chi connectivity index (χ3n) is 4.30. The maximum absolute atomic E-state index is 5.98. The minimum Gasteiger partial charge on any atom is -0.485 e. The van der Waals surface area contributed by atoms with Crippen molar-refractivity contribution in [1.82, 2.24) is 9.97 Å². The highest BCUT2D eigenvalue weighted by Gasteiger charge is 2.25. The lowest BCUT2D eigenvalue weighted by atomic mass is 10.2. The molecule has 0 unspecified atom stereocenters. The van der Waals surface area contributed by atoms with Crippen molar-refractivity contribution in [3.05, 3.63) is 84.4 Å². The molecule has 0 bridgehead atoms. The van der Waals surface area contributed by atoms with Gasteiger partial charge in [-0.25, -0.2) is 9.97 Å². The standard InChI is InChI=1S/C23H16N2O3/c1-2-8-16(9-3-1)10-7-15-26-19-13-6-14-20-21(19)28-23-22(27-20)24-17-11-4-5-12-18(17)25-23/h1-14H,15H2/b10-7-. The fourth-order valence-corrected chi connectivity index (χ4v) is 2.98. The van der Waals surface area contributed by atoms with E-state index in [0.29, 0.717) is 35.6 Å². The Morgan fingerprint density at radius 1 is 0.750 bits per heavy atom. The van der Waals surface area contributed by atoms with Crippen molar-refractivity contribution in [1.29, 1.82) is 0 Å². The van der Waals surface area contributed by atoms with Crippen molar-refractivity contribution in [2.75, 3.05) is 6.61 Å². The van der Waals surface area contributed by atoms with E-state index in [0.717, 1.165) is 16.6 Å². The van der Waals surface area contributed by atoms with Crippen LogP contribution in [0.15, 0.2) is 78.9 Å². The predicted octanol–water partition coefficient (Wildman–Crippen LogP) is 5.62. The lowest BCUT2D eigenvalue weighted by Gasteiger charge is -2.21. The molecule has 2 heterocycles. The van der Waals surface area contributed by atoms with Gasteiger partial charge in [0.1, 0.15) is 6.61 Å². The third-order valence-corrected chi connectivity index (χ3v) is 4.30. The minimum atomic E-state index is 0.335. The number of fused-ring (bicyclic) bond motifs is 3. The predicted molar refractivity (Wildman–Crippen MR) is 107 cm³/mol. The Hall–Kier alpha value is -3.86. The highest BCUT2D eigenvalue weighted by atomic mass is 16.6. The number of benzene rings is 3. The molecule has 1 aromatic heterocycles. The summed E-state index contributed by atoms with van der Waals surface area (Å²) in [6.45, 7) is 0.408. The quantitative estimate of drug-likeness (QED) is 0.412. The van der Waals surface area contributed by atoms with Crippen molar-refractivity contribution in [3.63, 3.8) is 0 Å². The van der Waals surface area contributed by atoms with Crippen molar-refractivity contribution in [2.24, 2.45) is 0 Å². The van der Waals surface area contributed by atoms with Crippen LogP contribution in [-0.2, 0) is 0 Å². The van der Waals surface area contributed by atoms with Crippen LogP contribution in [-0.4, -0.2) is 16.6 Å². The van der Waals surface area contributed by atoms with Gasteiger partial charge in [0.2, 0.25) is 5.75 Å². The second-order valence-electron chi connectivity index (χ2n) is 6.23. The normalized spacial score (nSPS) is 12.1. The molecule has 1 aliphatic heterocycles. The summed E-state index contributed by atoms with van der Waals surface area (Å²) >= 11 is 0. The summed E-state index contributed by atoms with van der Waals surface area (Å²) < 4.78 is 17.8. The second kappa shape index (κ2) is 7.04. The SMILES string of the molecule is C(=C/c1ccccc1)/COc1cccc2c1Oc1nc3ccccc3nc1O2. The van der Waals surface area contributed by atoms with Gasteiger partial charge in [0, 0.05) is 0 Å². The van der Waals surface area contributed by atoms with Crippen LogP contribution >= 0.6 is 0 Å². The summed E-state index contributed by atoms with van der Waals surface area (Å²) in [7, 11) is 0. The Morgan fingerprint density at radius 2 is 1.46 bits per heavy atom. The molecule has 0 saturated carbocycles. The molecule has 0 fully saturated rings. The number of hydrogen-bond donors (Lipinski definition) is 0. The summed E-state index contributed by atoms with van der Waals surface area (Å²) in [6.07, 6.45) is 3.97. The van der Waals surface area contributed by atoms with Gasteiger partial charge in [-0.2, -0.15) is 0 Å². The van der Waals surface area contributed by atoms with Crippen LogP contribution in [0, 0.1) is 0 Å². The summed E-state index contributed by atoms with van der Waals surface area (Å²) in [5.41, 5.74) is 2.63. The Balaban J connectivity index is 1.38. The molecule has 5 nitrogen and oxygen atoms in total. The van der Waals surface area contributed by atoms with Crippen LogP contribution < -0.4 is 14.2 Å². The van der Waals surface area contributed by atoms with Crippen molar-refractivity contribution < 1.29 is 14.2 Å². The molecule has 0 spiro atoms. The zero-order chi connectivity index (χ0) is 18.8. The van der Waals surface area contributed by atoms with E-state index in [1.807, 2.05) is 84.9 Å². The zero-order valence-electron chi connectivity index (χ0n) is 14.9. The Morgan fingerprint density at radius 3 is 2.25 bits per heavy atom. The van der Waals surface area contributed by atoms with Crippen LogP contribution in [0.25, 0.3) is 17.1 Å². The van der Waals surface area contributed by atoms with E-state index < -0.39 is 0 Å². The molecule has 3 aromatic carbocycles. The Kier molecular flexibility index (Phi) is 4.10. The first-order valence-corrected chi connectivity index (χ1v) is 8.97. The van der Waals surface area contributed by atoms with Gasteiger partial charge in [-0.05, 0) is 35.9 Å². The lowest BCUT2D eigenvalue weighted by molar-refractivity contribution is 0.301. The fourth-order valence-electron chi connectivity index (χ4n) is 2.98. The Bertz CT molecular complexity index is 1170. The monoisotopic (exact) mass is 368 g/mol. The second-order valence-corrected chi connectivity index (χ2v) is 6.23. The molecule has 136 valence electrons. The number of ether oxygens (including phenoxy) is 3. The maximum atomic E-state index is 5.98. The van der Waals surface area contributed by atoms with Crippen molar-refractivity contribution in [2.45, 2.75) is 0 Å². The average Bonchev–Trinajstić information content (AvgIpc) is 2.74. The van der Waals surface area contributed by atoms with Gasteiger partial charge < -0.3 is 14.2 Å². The fraction of sp³-hybridized carbons (Fsp3) is 0.0435. The topological polar surface area (TPSA) is 53.5 Å². The molecule has 4 aromatic rings. The summed E-state index contributed by atoms with van der Waals surface area (Å²) in [5, 5.41) is 0. The number of aromatic nitrogens is 2. The number of rotatable bonds is 4. The molecule has 28 heavy (non-hydrogen) atoms. The smallest absolute Gasteiger partial charge is 0.284 e. The molecule has 0 atom stereocenters. The molecule has 0 amide bonds. The number of hydrogen-bond acceptors (Lipinski definition) is 5. The van der Waals surface area contributed by atoms with Gasteiger partial charge in [-0.3, -0.25) is 0 Å². The highest BCUT2D eigenvalue weighted by Crippen LogP contribution is 2.48. The lowest BCUT2D eigenvalue weighted by Crippen LogP contribution is -2.05. The Labute approximate surface area is 161 Å². The van der Waals surface area contributed by atoms with Crippen LogP contribution in [0.2, 0.25) is 0 Å². The first-order valence-electron chi connectivity index (χ1n) is 8.97. The summed E-state index contributed by atoms with van der Waals surface area (Å²) in [6, 6.07) is 23.2. The number of para-hydroxylation sites is 3. The van der Waals surface area contributed by atoms with E-state index in [4.69, 9.17) is 14.2 Å². The number of nitrogens with zero attached hydrogens (tertiary/aromatic N) is 2. The summed E-state index contributed by atoms with van der Waals surface area (Å²) in [4.78, 5) is 9.00. The van der Waals surface area contributed by atoms with E-state index in [1.165, 1.54) is 0 Å². The van der Waals surface area contributed by atoms with E-state index in [9.17, 15) is 0 Å². The van der Waals surface area contributed by atoms with Crippen molar-refractivity contribution in [3.8, 4) is 29.0 Å². The molecule has 0 N–H and O–H groups in total. The first-order chi connectivity index (χ1) is 13.9. The largest absolute Gasteiger partial charge is 0.485 e. The average molecular weight is 368 g/mol. The molecule has 5 heteroatoms. The van der Waals surface area contributed by atoms with Gasteiger partial charge in [-0.15, -0.1) is 0 Å². The van der Waals surface area contributed by atoms with Crippen LogP contribution in [0.5, 0.6) is 29.0 Å². The summed E-state index contributed by atoms with van der Waals surface area (Å²) in [5.74, 6) is 2.35. The molecular formula is C23H16N2O3. The van der Waals surface area contributed by atoms with Gasteiger partial charge in [0.25, 0.3) is 11.8 Å². The molecular weight excluding hydrogens is 352 g/mol. The van der Waals surface area contributed by atoms with Gasteiger partial charge in [0.05, 0.1) is 11.0 Å². The highest BCUT2D eigenvalue weighted by molar-refractivity contribution is 5.76. The van der Waals surface area contributed by atoms with Crippen LogP contribution in [0.3, 0.4) is 0 Å².